The molecule has 2 aromatic carbocycles. The number of piperazine rings is 1. The van der Waals surface area contributed by atoms with Gasteiger partial charge >= 0.3 is 0 Å². The van der Waals surface area contributed by atoms with E-state index in [4.69, 9.17) is 4.74 Å². The van der Waals surface area contributed by atoms with Crippen LogP contribution in [0, 0.1) is 5.82 Å². The normalized spacial score (nSPS) is 14.1. The number of hydrogen-bond acceptors (Lipinski definition) is 3. The number of carbonyl (C=O) groups excluding carboxylic acids is 2. The van der Waals surface area contributed by atoms with Crippen molar-refractivity contribution in [2.45, 2.75) is 12.8 Å². The quantitative estimate of drug-likeness (QED) is 0.811. The summed E-state index contributed by atoms with van der Waals surface area (Å²) in [4.78, 5) is 28.5. The topological polar surface area (TPSA) is 49.9 Å². The van der Waals surface area contributed by atoms with Crippen molar-refractivity contribution in [3.8, 4) is 5.75 Å². The summed E-state index contributed by atoms with van der Waals surface area (Å²) in [5.41, 5.74) is 1.52. The molecule has 0 saturated carbocycles. The number of ether oxygens (including phenoxy) is 1. The second-order valence-electron chi connectivity index (χ2n) is 6.56. The summed E-state index contributed by atoms with van der Waals surface area (Å²) in [5, 5.41) is 0. The van der Waals surface area contributed by atoms with Crippen LogP contribution in [0.1, 0.15) is 11.1 Å². The van der Waals surface area contributed by atoms with Crippen LogP contribution in [0.5, 0.6) is 5.75 Å². The summed E-state index contributed by atoms with van der Waals surface area (Å²) in [7, 11) is 1.59. The molecule has 0 spiro atoms. The smallest absolute Gasteiger partial charge is 0.227 e. The maximum absolute atomic E-state index is 13.3. The predicted molar refractivity (Wildman–Crippen MR) is 100.0 cm³/mol. The largest absolute Gasteiger partial charge is 0.496 e. The molecule has 0 N–H and O–H groups in total. The molecule has 0 aliphatic carbocycles. The van der Waals surface area contributed by atoms with Crippen molar-refractivity contribution in [3.05, 3.63) is 65.5 Å². The summed E-state index contributed by atoms with van der Waals surface area (Å²) in [6.45, 7) is 1.99. The van der Waals surface area contributed by atoms with Gasteiger partial charge in [0.05, 0.1) is 20.0 Å². The average molecular weight is 370 g/mol. The van der Waals surface area contributed by atoms with E-state index in [1.54, 1.807) is 29.0 Å². The third-order valence-corrected chi connectivity index (χ3v) is 4.76. The van der Waals surface area contributed by atoms with Crippen LogP contribution >= 0.6 is 0 Å². The van der Waals surface area contributed by atoms with E-state index < -0.39 is 0 Å². The van der Waals surface area contributed by atoms with Crippen molar-refractivity contribution in [1.82, 2.24) is 9.80 Å². The van der Waals surface area contributed by atoms with Gasteiger partial charge in [-0.25, -0.2) is 4.39 Å². The number of rotatable bonds is 5. The van der Waals surface area contributed by atoms with E-state index in [2.05, 4.69) is 0 Å². The Bertz CT molecular complexity index is 817. The van der Waals surface area contributed by atoms with E-state index in [1.807, 2.05) is 24.3 Å². The second kappa shape index (κ2) is 8.66. The lowest BCUT2D eigenvalue weighted by Gasteiger charge is -2.35. The molecule has 0 aromatic heterocycles. The second-order valence-corrected chi connectivity index (χ2v) is 6.56. The molecule has 0 radical (unpaired) electrons. The van der Waals surface area contributed by atoms with Crippen LogP contribution in [-0.2, 0) is 22.4 Å². The highest BCUT2D eigenvalue weighted by atomic mass is 19.1. The zero-order chi connectivity index (χ0) is 19.2. The molecule has 5 nitrogen and oxygen atoms in total. The van der Waals surface area contributed by atoms with E-state index in [-0.39, 0.29) is 30.5 Å². The summed E-state index contributed by atoms with van der Waals surface area (Å²) in [5.74, 6) is 0.343. The van der Waals surface area contributed by atoms with Gasteiger partial charge in [0.15, 0.2) is 0 Å². The monoisotopic (exact) mass is 370 g/mol. The third-order valence-electron chi connectivity index (χ3n) is 4.76. The molecule has 2 amide bonds. The molecule has 0 unspecified atom stereocenters. The zero-order valence-electron chi connectivity index (χ0n) is 15.4. The van der Waals surface area contributed by atoms with Gasteiger partial charge in [0.2, 0.25) is 11.8 Å². The fourth-order valence-corrected chi connectivity index (χ4v) is 3.26. The molecule has 2 aromatic rings. The van der Waals surface area contributed by atoms with Gasteiger partial charge in [-0.2, -0.15) is 0 Å². The number of hydrogen-bond donors (Lipinski definition) is 0. The Morgan fingerprint density at radius 3 is 2.19 bits per heavy atom. The van der Waals surface area contributed by atoms with Crippen LogP contribution in [0.4, 0.5) is 4.39 Å². The van der Waals surface area contributed by atoms with E-state index in [9.17, 15) is 14.0 Å². The average Bonchev–Trinajstić information content (AvgIpc) is 2.68. The first-order valence-corrected chi connectivity index (χ1v) is 8.98. The van der Waals surface area contributed by atoms with E-state index >= 15 is 0 Å². The third kappa shape index (κ3) is 4.84. The SMILES string of the molecule is COc1ccccc1CC(=O)N1CCN(C(=O)Cc2cccc(F)c2)CC1. The zero-order valence-corrected chi connectivity index (χ0v) is 15.4. The van der Waals surface area contributed by atoms with Gasteiger partial charge in [-0.15, -0.1) is 0 Å². The fourth-order valence-electron chi connectivity index (χ4n) is 3.26. The lowest BCUT2D eigenvalue weighted by atomic mass is 10.1. The molecule has 27 heavy (non-hydrogen) atoms. The number of carbonyl (C=O) groups is 2. The van der Waals surface area contributed by atoms with Gasteiger partial charge in [0.1, 0.15) is 11.6 Å². The standard InChI is InChI=1S/C21H23FN2O3/c1-27-19-8-3-2-6-17(19)15-21(26)24-11-9-23(10-12-24)20(25)14-16-5-4-7-18(22)13-16/h2-8,13H,9-12,14-15H2,1H3. The number of benzene rings is 2. The van der Waals surface area contributed by atoms with Crippen LogP contribution in [0.3, 0.4) is 0 Å². The Morgan fingerprint density at radius 2 is 1.56 bits per heavy atom. The van der Waals surface area contributed by atoms with Gasteiger partial charge < -0.3 is 14.5 Å². The van der Waals surface area contributed by atoms with Gasteiger partial charge in [0.25, 0.3) is 0 Å². The Labute approximate surface area is 158 Å². The lowest BCUT2D eigenvalue weighted by molar-refractivity contribution is -0.138. The molecule has 0 atom stereocenters. The number of methoxy groups -OCH3 is 1. The summed E-state index contributed by atoms with van der Waals surface area (Å²) < 4.78 is 18.6. The van der Waals surface area contributed by atoms with Gasteiger partial charge in [-0.1, -0.05) is 30.3 Å². The Balaban J connectivity index is 1.52. The van der Waals surface area contributed by atoms with Crippen molar-refractivity contribution in [1.29, 1.82) is 0 Å². The van der Waals surface area contributed by atoms with Crippen LogP contribution in [0.15, 0.2) is 48.5 Å². The minimum Gasteiger partial charge on any atom is -0.496 e. The van der Waals surface area contributed by atoms with Crippen molar-refractivity contribution in [2.75, 3.05) is 33.3 Å². The number of halogens is 1. The Morgan fingerprint density at radius 1 is 0.926 bits per heavy atom. The van der Waals surface area contributed by atoms with E-state index in [1.165, 1.54) is 12.1 Å². The van der Waals surface area contributed by atoms with Crippen molar-refractivity contribution >= 4 is 11.8 Å². The Kier molecular flexibility index (Phi) is 6.06. The molecule has 1 saturated heterocycles. The molecular weight excluding hydrogens is 347 g/mol. The number of nitrogens with zero attached hydrogens (tertiary/aromatic N) is 2. The molecule has 1 aliphatic rings. The van der Waals surface area contributed by atoms with Crippen LogP contribution in [-0.4, -0.2) is 54.9 Å². The summed E-state index contributed by atoms with van der Waals surface area (Å²) in [6.07, 6.45) is 0.453. The minimum absolute atomic E-state index is 0.0247. The highest BCUT2D eigenvalue weighted by Gasteiger charge is 2.24. The maximum atomic E-state index is 13.3. The van der Waals surface area contributed by atoms with Gasteiger partial charge in [-0.3, -0.25) is 9.59 Å². The predicted octanol–water partition coefficient (Wildman–Crippen LogP) is 2.29. The highest BCUT2D eigenvalue weighted by molar-refractivity contribution is 5.81. The molecule has 1 fully saturated rings. The first kappa shape index (κ1) is 18.9. The van der Waals surface area contributed by atoms with Crippen LogP contribution in [0.25, 0.3) is 0 Å². The minimum atomic E-state index is -0.341. The molecule has 0 bridgehead atoms. The van der Waals surface area contributed by atoms with Crippen LogP contribution < -0.4 is 4.74 Å². The van der Waals surface area contributed by atoms with Gasteiger partial charge in [-0.05, 0) is 23.8 Å². The summed E-state index contributed by atoms with van der Waals surface area (Å²) in [6, 6.07) is 13.6. The van der Waals surface area contributed by atoms with Crippen molar-refractivity contribution in [2.24, 2.45) is 0 Å². The van der Waals surface area contributed by atoms with E-state index in [0.717, 1.165) is 5.56 Å². The molecule has 6 heteroatoms. The van der Waals surface area contributed by atoms with Crippen molar-refractivity contribution < 1.29 is 18.7 Å². The molecule has 3 rings (SSSR count). The van der Waals surface area contributed by atoms with Crippen LogP contribution in [0.2, 0.25) is 0 Å². The lowest BCUT2D eigenvalue weighted by Crippen LogP contribution is -2.51. The molecule has 1 aliphatic heterocycles. The first-order chi connectivity index (χ1) is 13.1. The van der Waals surface area contributed by atoms with Gasteiger partial charge in [0, 0.05) is 31.7 Å². The molecule has 142 valence electrons. The molecule has 1 heterocycles. The Hall–Kier alpha value is -2.89. The van der Waals surface area contributed by atoms with Crippen molar-refractivity contribution in [3.63, 3.8) is 0 Å². The highest BCUT2D eigenvalue weighted by Crippen LogP contribution is 2.19. The van der Waals surface area contributed by atoms with E-state index in [0.29, 0.717) is 37.5 Å². The molecular formula is C21H23FN2O3. The fraction of sp³-hybridized carbons (Fsp3) is 0.333. The summed E-state index contributed by atoms with van der Waals surface area (Å²) >= 11 is 0. The number of para-hydroxylation sites is 1. The maximum Gasteiger partial charge on any atom is 0.227 e. The number of amides is 2. The first-order valence-electron chi connectivity index (χ1n) is 8.98.